The van der Waals surface area contributed by atoms with E-state index in [9.17, 15) is 8.42 Å². The molecular weight excluding hydrogens is 428 g/mol. The molecular formula is C25H33ClN2O2S. The fraction of sp³-hybridized carbons (Fsp3) is 0.520. The van der Waals surface area contributed by atoms with Crippen molar-refractivity contribution in [3.63, 3.8) is 0 Å². The van der Waals surface area contributed by atoms with E-state index in [1.165, 1.54) is 16.7 Å². The molecule has 2 unspecified atom stereocenters. The third kappa shape index (κ3) is 5.70. The maximum Gasteiger partial charge on any atom is 0.214 e. The molecule has 2 aromatic carbocycles. The van der Waals surface area contributed by atoms with Gasteiger partial charge >= 0.3 is 0 Å². The second-order valence-corrected chi connectivity index (χ2v) is 11.8. The van der Waals surface area contributed by atoms with Crippen molar-refractivity contribution in [3.05, 3.63) is 69.7 Å². The number of sulfonamides is 1. The molecule has 6 heteroatoms. The van der Waals surface area contributed by atoms with Gasteiger partial charge in [-0.15, -0.1) is 0 Å². The lowest BCUT2D eigenvalue weighted by Gasteiger charge is -2.32. The van der Waals surface area contributed by atoms with Crippen molar-refractivity contribution in [2.75, 3.05) is 19.3 Å². The Labute approximate surface area is 191 Å². The van der Waals surface area contributed by atoms with Crippen molar-refractivity contribution in [2.45, 2.75) is 56.9 Å². The van der Waals surface area contributed by atoms with Gasteiger partial charge < -0.3 is 5.73 Å². The molecule has 0 spiro atoms. The molecule has 0 heterocycles. The first-order valence-corrected chi connectivity index (χ1v) is 13.4. The molecule has 0 amide bonds. The summed E-state index contributed by atoms with van der Waals surface area (Å²) in [4.78, 5) is 0. The minimum Gasteiger partial charge on any atom is -0.327 e. The highest BCUT2D eigenvalue weighted by Gasteiger charge is 2.30. The number of nitrogens with zero attached hydrogens (tertiary/aromatic N) is 1. The SMILES string of the molecule is CN(CCCc1ccc2c(c1)C(Cc1ccccc1Cl)C(N)CC2)S(=O)(=O)CC1CC1. The van der Waals surface area contributed by atoms with Crippen LogP contribution in [0.25, 0.3) is 0 Å². The third-order valence-corrected chi connectivity index (χ3v) is 9.22. The summed E-state index contributed by atoms with van der Waals surface area (Å²) in [6.07, 6.45) is 6.65. The number of benzene rings is 2. The standard InChI is InChI=1S/C25H33ClN2O2S/c1-28(31(29,30)17-19-8-9-19)14-4-5-18-10-11-20-12-13-25(27)23(22(20)15-18)16-21-6-2-3-7-24(21)26/h2-3,6-7,10-11,15,19,23,25H,4-5,8-9,12-14,16-17,27H2,1H3. The molecule has 1 saturated carbocycles. The van der Waals surface area contributed by atoms with Crippen LogP contribution in [0.3, 0.4) is 0 Å². The molecule has 0 bridgehead atoms. The van der Waals surface area contributed by atoms with Gasteiger partial charge in [0.2, 0.25) is 10.0 Å². The lowest BCUT2D eigenvalue weighted by molar-refractivity contribution is 0.457. The number of rotatable bonds is 9. The molecule has 4 nitrogen and oxygen atoms in total. The number of halogens is 1. The highest BCUT2D eigenvalue weighted by Crippen LogP contribution is 2.36. The predicted octanol–water partition coefficient (Wildman–Crippen LogP) is 4.54. The summed E-state index contributed by atoms with van der Waals surface area (Å²) in [5.74, 6) is 0.946. The van der Waals surface area contributed by atoms with E-state index < -0.39 is 10.0 Å². The summed E-state index contributed by atoms with van der Waals surface area (Å²) in [7, 11) is -1.40. The van der Waals surface area contributed by atoms with E-state index >= 15 is 0 Å². The molecule has 2 aliphatic carbocycles. The maximum absolute atomic E-state index is 12.4. The van der Waals surface area contributed by atoms with Gasteiger partial charge in [0.05, 0.1) is 5.75 Å². The van der Waals surface area contributed by atoms with Crippen molar-refractivity contribution in [2.24, 2.45) is 11.7 Å². The molecule has 0 saturated heterocycles. The molecule has 2 aliphatic rings. The summed E-state index contributed by atoms with van der Waals surface area (Å²) < 4.78 is 26.3. The van der Waals surface area contributed by atoms with Gasteiger partial charge in [-0.2, -0.15) is 0 Å². The zero-order valence-electron chi connectivity index (χ0n) is 18.3. The Kier molecular flexibility index (Phi) is 7.07. The van der Waals surface area contributed by atoms with E-state index in [1.807, 2.05) is 18.2 Å². The van der Waals surface area contributed by atoms with Crippen LogP contribution in [0.15, 0.2) is 42.5 Å². The van der Waals surface area contributed by atoms with Crippen molar-refractivity contribution in [1.29, 1.82) is 0 Å². The van der Waals surface area contributed by atoms with Gasteiger partial charge in [0, 0.05) is 30.6 Å². The van der Waals surface area contributed by atoms with E-state index in [0.717, 1.165) is 55.5 Å². The van der Waals surface area contributed by atoms with Gasteiger partial charge in [-0.3, -0.25) is 0 Å². The lowest BCUT2D eigenvalue weighted by Crippen LogP contribution is -2.34. The molecule has 2 atom stereocenters. The van der Waals surface area contributed by atoms with Crippen LogP contribution >= 0.6 is 11.6 Å². The minimum absolute atomic E-state index is 0.123. The maximum atomic E-state index is 12.4. The van der Waals surface area contributed by atoms with Gasteiger partial charge in [-0.05, 0) is 79.2 Å². The van der Waals surface area contributed by atoms with Crippen LogP contribution in [0.4, 0.5) is 0 Å². The highest BCUT2D eigenvalue weighted by atomic mass is 35.5. The monoisotopic (exact) mass is 460 g/mol. The van der Waals surface area contributed by atoms with Crippen molar-refractivity contribution in [3.8, 4) is 0 Å². The summed E-state index contributed by atoms with van der Waals surface area (Å²) in [6, 6.07) is 14.9. The Morgan fingerprint density at radius 2 is 1.90 bits per heavy atom. The van der Waals surface area contributed by atoms with Crippen LogP contribution in [0.1, 0.15) is 53.9 Å². The quantitative estimate of drug-likeness (QED) is 0.597. The van der Waals surface area contributed by atoms with Crippen LogP contribution in [-0.4, -0.2) is 38.1 Å². The molecule has 4 rings (SSSR count). The molecule has 1 fully saturated rings. The molecule has 31 heavy (non-hydrogen) atoms. The van der Waals surface area contributed by atoms with E-state index in [4.69, 9.17) is 17.3 Å². The first-order chi connectivity index (χ1) is 14.8. The Balaban J connectivity index is 1.43. The Morgan fingerprint density at radius 3 is 2.65 bits per heavy atom. The summed E-state index contributed by atoms with van der Waals surface area (Å²) >= 11 is 6.43. The zero-order valence-corrected chi connectivity index (χ0v) is 19.8. The van der Waals surface area contributed by atoms with Gasteiger partial charge in [-0.25, -0.2) is 12.7 Å². The topological polar surface area (TPSA) is 63.4 Å². The molecule has 0 aliphatic heterocycles. The normalized spacial score (nSPS) is 21.3. The summed E-state index contributed by atoms with van der Waals surface area (Å²) in [5, 5.41) is 0.799. The largest absolute Gasteiger partial charge is 0.327 e. The van der Waals surface area contributed by atoms with Crippen LogP contribution < -0.4 is 5.73 Å². The van der Waals surface area contributed by atoms with Gasteiger partial charge in [0.15, 0.2) is 0 Å². The number of hydrogen-bond donors (Lipinski definition) is 1. The zero-order chi connectivity index (χ0) is 22.0. The smallest absolute Gasteiger partial charge is 0.214 e. The Hall–Kier alpha value is -1.40. The summed E-state index contributed by atoms with van der Waals surface area (Å²) in [5.41, 5.74) is 11.7. The lowest BCUT2D eigenvalue weighted by atomic mass is 9.76. The van der Waals surface area contributed by atoms with Crippen LogP contribution in [0, 0.1) is 5.92 Å². The van der Waals surface area contributed by atoms with Crippen molar-refractivity contribution < 1.29 is 8.42 Å². The van der Waals surface area contributed by atoms with Crippen LogP contribution in [0.5, 0.6) is 0 Å². The van der Waals surface area contributed by atoms with Crippen LogP contribution in [0.2, 0.25) is 5.02 Å². The van der Waals surface area contributed by atoms with E-state index in [-0.39, 0.29) is 12.0 Å². The second-order valence-electron chi connectivity index (χ2n) is 9.28. The molecule has 2 N–H and O–H groups in total. The van der Waals surface area contributed by atoms with Crippen LogP contribution in [-0.2, 0) is 29.3 Å². The fourth-order valence-corrected chi connectivity index (χ4v) is 6.45. The van der Waals surface area contributed by atoms with Crippen molar-refractivity contribution >= 4 is 21.6 Å². The molecule has 2 aromatic rings. The number of nitrogens with two attached hydrogens (primary N) is 1. The first kappa shape index (κ1) is 22.8. The molecule has 0 aromatic heterocycles. The third-order valence-electron chi connectivity index (χ3n) is 6.83. The van der Waals surface area contributed by atoms with E-state index in [0.29, 0.717) is 18.2 Å². The van der Waals surface area contributed by atoms with Gasteiger partial charge in [0.1, 0.15) is 0 Å². The molecule has 0 radical (unpaired) electrons. The van der Waals surface area contributed by atoms with E-state index in [1.54, 1.807) is 11.4 Å². The summed E-state index contributed by atoms with van der Waals surface area (Å²) in [6.45, 7) is 0.564. The average molecular weight is 461 g/mol. The Morgan fingerprint density at radius 1 is 1.13 bits per heavy atom. The highest BCUT2D eigenvalue weighted by molar-refractivity contribution is 7.89. The second kappa shape index (κ2) is 9.62. The Bertz CT molecular complexity index is 1020. The minimum atomic E-state index is -3.12. The molecule has 168 valence electrons. The van der Waals surface area contributed by atoms with Gasteiger partial charge in [-0.1, -0.05) is 48.0 Å². The number of aryl methyl sites for hydroxylation is 2. The first-order valence-electron chi connectivity index (χ1n) is 11.4. The number of fused-ring (bicyclic) bond motifs is 1. The fourth-order valence-electron chi connectivity index (χ4n) is 4.64. The average Bonchev–Trinajstić information content (AvgIpc) is 3.55. The van der Waals surface area contributed by atoms with Gasteiger partial charge in [0.25, 0.3) is 0 Å². The van der Waals surface area contributed by atoms with Crippen molar-refractivity contribution in [1.82, 2.24) is 4.31 Å². The van der Waals surface area contributed by atoms with E-state index in [2.05, 4.69) is 24.3 Å². The number of hydrogen-bond acceptors (Lipinski definition) is 3. The predicted molar refractivity (Wildman–Crippen MR) is 128 cm³/mol.